The number of nitrogens with zero attached hydrogens (tertiary/aromatic N) is 2. The molecular formula is C26H35N3O4. The Kier molecular flexibility index (Phi) is 7.17. The minimum atomic E-state index is -0.277. The Morgan fingerprint density at radius 1 is 1.15 bits per heavy atom. The molecule has 33 heavy (non-hydrogen) atoms. The van der Waals surface area contributed by atoms with Crippen LogP contribution in [-0.4, -0.2) is 52.6 Å². The molecule has 2 aliphatic rings. The molecule has 2 aliphatic heterocycles. The normalized spacial score (nSPS) is 22.6. The number of carbonyl (C=O) groups excluding carboxylic acids is 2. The van der Waals surface area contributed by atoms with Gasteiger partial charge in [0.1, 0.15) is 5.56 Å². The van der Waals surface area contributed by atoms with E-state index in [9.17, 15) is 14.4 Å². The zero-order valence-corrected chi connectivity index (χ0v) is 19.9. The van der Waals surface area contributed by atoms with Gasteiger partial charge >= 0.3 is 5.97 Å². The molecule has 2 bridgehead atoms. The van der Waals surface area contributed by atoms with Crippen molar-refractivity contribution in [3.63, 3.8) is 0 Å². The average Bonchev–Trinajstić information content (AvgIpc) is 3.01. The smallest absolute Gasteiger partial charge is 0.305 e. The van der Waals surface area contributed by atoms with Crippen LogP contribution in [0.2, 0.25) is 0 Å². The third-order valence-corrected chi connectivity index (χ3v) is 7.03. The Bertz CT molecular complexity index is 1060. The lowest BCUT2D eigenvalue weighted by atomic mass is 9.96. The highest BCUT2D eigenvalue weighted by Gasteiger charge is 2.40. The second-order valence-electron chi connectivity index (χ2n) is 9.56. The molecule has 7 heteroatoms. The second kappa shape index (κ2) is 10.1. The molecule has 3 atom stereocenters. The molecule has 2 fully saturated rings. The third kappa shape index (κ3) is 4.98. The van der Waals surface area contributed by atoms with E-state index < -0.39 is 0 Å². The summed E-state index contributed by atoms with van der Waals surface area (Å²) in [6.07, 6.45) is 5.25. The number of rotatable bonds is 8. The van der Waals surface area contributed by atoms with Crippen LogP contribution in [0.15, 0.2) is 35.1 Å². The molecular weight excluding hydrogens is 418 g/mol. The monoisotopic (exact) mass is 453 g/mol. The fourth-order valence-corrected chi connectivity index (χ4v) is 5.62. The lowest BCUT2D eigenvalue weighted by molar-refractivity contribution is -0.143. The molecule has 1 N–H and O–H groups in total. The van der Waals surface area contributed by atoms with Gasteiger partial charge in [0.15, 0.2) is 0 Å². The maximum absolute atomic E-state index is 13.2. The first-order chi connectivity index (χ1) is 15.9. The van der Waals surface area contributed by atoms with E-state index in [1.165, 1.54) is 0 Å². The molecule has 0 spiro atoms. The van der Waals surface area contributed by atoms with Crippen molar-refractivity contribution in [3.8, 4) is 0 Å². The van der Waals surface area contributed by atoms with Crippen LogP contribution < -0.4 is 10.9 Å². The number of amides is 1. The molecule has 178 valence electrons. The van der Waals surface area contributed by atoms with Crippen LogP contribution in [0.3, 0.4) is 0 Å². The number of fused-ring (bicyclic) bond motifs is 3. The zero-order chi connectivity index (χ0) is 23.5. The Hall–Kier alpha value is -2.67. The highest BCUT2D eigenvalue weighted by atomic mass is 16.5. The van der Waals surface area contributed by atoms with Crippen molar-refractivity contribution in [1.29, 1.82) is 0 Å². The van der Waals surface area contributed by atoms with E-state index in [0.29, 0.717) is 25.1 Å². The van der Waals surface area contributed by atoms with Crippen molar-refractivity contribution in [2.75, 3.05) is 13.2 Å². The topological polar surface area (TPSA) is 80.6 Å². The molecule has 1 aromatic heterocycles. The molecule has 7 nitrogen and oxygen atoms in total. The molecule has 0 saturated carbocycles. The number of hydrogen-bond acceptors (Lipinski definition) is 5. The van der Waals surface area contributed by atoms with E-state index in [1.54, 1.807) is 10.6 Å². The molecule has 0 radical (unpaired) electrons. The van der Waals surface area contributed by atoms with Crippen LogP contribution >= 0.6 is 0 Å². The summed E-state index contributed by atoms with van der Waals surface area (Å²) in [5.41, 5.74) is 0.829. The van der Waals surface area contributed by atoms with Crippen LogP contribution in [-0.2, 0) is 9.53 Å². The maximum atomic E-state index is 13.2. The number of nitrogens with one attached hydrogen (secondary N) is 1. The first-order valence-corrected chi connectivity index (χ1v) is 12.3. The van der Waals surface area contributed by atoms with Crippen molar-refractivity contribution in [1.82, 2.24) is 14.8 Å². The quantitative estimate of drug-likeness (QED) is 0.617. The van der Waals surface area contributed by atoms with Gasteiger partial charge in [-0.2, -0.15) is 0 Å². The summed E-state index contributed by atoms with van der Waals surface area (Å²) in [6.45, 7) is 7.07. The summed E-state index contributed by atoms with van der Waals surface area (Å²) in [5, 5.41) is 4.06. The molecule has 2 aromatic rings. The minimum absolute atomic E-state index is 0.0381. The summed E-state index contributed by atoms with van der Waals surface area (Å²) in [5.74, 6) is -0.408. The predicted octanol–water partition coefficient (Wildman–Crippen LogP) is 3.65. The van der Waals surface area contributed by atoms with Gasteiger partial charge in [0.05, 0.1) is 12.1 Å². The van der Waals surface area contributed by atoms with Crippen LogP contribution in [0, 0.1) is 0 Å². The fourth-order valence-electron chi connectivity index (χ4n) is 5.62. The van der Waals surface area contributed by atoms with Gasteiger partial charge in [-0.05, 0) is 76.9 Å². The number of benzene rings is 1. The van der Waals surface area contributed by atoms with Gasteiger partial charge in [-0.3, -0.25) is 19.3 Å². The van der Waals surface area contributed by atoms with Crippen molar-refractivity contribution in [3.05, 3.63) is 46.2 Å². The second-order valence-corrected chi connectivity index (χ2v) is 9.56. The summed E-state index contributed by atoms with van der Waals surface area (Å²) >= 11 is 0. The standard InChI is InChI=1S/C26H35N3O4/c1-4-33-24(30)10-7-13-28-20-11-12-21(28)16-19(15-20)27-25(31)22-14-18-8-5-6-9-23(18)29(17(2)3)26(22)32/h5-6,8-9,14,17,19-21H,4,7,10-13,15-16H2,1-3H3,(H,27,31)/t19?,20-,21+. The number of para-hydroxylation sites is 1. The number of aromatic nitrogens is 1. The Morgan fingerprint density at radius 3 is 2.52 bits per heavy atom. The van der Waals surface area contributed by atoms with E-state index in [2.05, 4.69) is 10.2 Å². The highest BCUT2D eigenvalue weighted by Crippen LogP contribution is 2.36. The largest absolute Gasteiger partial charge is 0.466 e. The van der Waals surface area contributed by atoms with Crippen LogP contribution in [0.25, 0.3) is 10.9 Å². The third-order valence-electron chi connectivity index (χ3n) is 7.03. The first kappa shape index (κ1) is 23.5. The summed E-state index contributed by atoms with van der Waals surface area (Å²) in [6, 6.07) is 10.3. The van der Waals surface area contributed by atoms with Crippen LogP contribution in [0.4, 0.5) is 0 Å². The van der Waals surface area contributed by atoms with Crippen LogP contribution in [0.5, 0.6) is 0 Å². The van der Waals surface area contributed by atoms with Gasteiger partial charge in [0.2, 0.25) is 0 Å². The van der Waals surface area contributed by atoms with Gasteiger partial charge in [-0.1, -0.05) is 18.2 Å². The van der Waals surface area contributed by atoms with Crippen molar-refractivity contribution < 1.29 is 14.3 Å². The maximum Gasteiger partial charge on any atom is 0.305 e. The summed E-state index contributed by atoms with van der Waals surface area (Å²) in [4.78, 5) is 40.5. The predicted molar refractivity (Wildman–Crippen MR) is 128 cm³/mol. The fraction of sp³-hybridized carbons (Fsp3) is 0.577. The average molecular weight is 454 g/mol. The van der Waals surface area contributed by atoms with Gasteiger partial charge in [-0.25, -0.2) is 0 Å². The lowest BCUT2D eigenvalue weighted by Gasteiger charge is -2.39. The zero-order valence-electron chi connectivity index (χ0n) is 19.9. The molecule has 1 amide bonds. The van der Waals surface area contributed by atoms with Gasteiger partial charge in [0.25, 0.3) is 11.5 Å². The number of pyridine rings is 1. The Balaban J connectivity index is 1.42. The van der Waals surface area contributed by atoms with E-state index in [-0.39, 0.29) is 35.1 Å². The first-order valence-electron chi connectivity index (χ1n) is 12.3. The number of ether oxygens (including phenoxy) is 1. The molecule has 0 aliphatic carbocycles. The lowest BCUT2D eigenvalue weighted by Crippen LogP contribution is -2.51. The SMILES string of the molecule is CCOC(=O)CCCN1[C@@H]2CC[C@H]1CC(NC(=O)c1cc3ccccc3n(C(C)C)c1=O)C2. The molecule has 1 aromatic carbocycles. The Morgan fingerprint density at radius 2 is 1.85 bits per heavy atom. The van der Waals surface area contributed by atoms with Crippen molar-refractivity contribution >= 4 is 22.8 Å². The van der Waals surface area contributed by atoms with Gasteiger partial charge in [-0.15, -0.1) is 0 Å². The van der Waals surface area contributed by atoms with Crippen LogP contribution in [0.1, 0.15) is 75.7 Å². The molecule has 2 saturated heterocycles. The number of piperidine rings is 1. The van der Waals surface area contributed by atoms with E-state index in [1.807, 2.05) is 45.0 Å². The van der Waals surface area contributed by atoms with Gasteiger partial charge < -0.3 is 14.6 Å². The highest BCUT2D eigenvalue weighted by molar-refractivity contribution is 5.97. The minimum Gasteiger partial charge on any atom is -0.466 e. The molecule has 4 rings (SSSR count). The Labute approximate surface area is 195 Å². The van der Waals surface area contributed by atoms with Crippen molar-refractivity contribution in [2.24, 2.45) is 0 Å². The van der Waals surface area contributed by atoms with E-state index >= 15 is 0 Å². The molecule has 1 unspecified atom stereocenters. The van der Waals surface area contributed by atoms with E-state index in [4.69, 9.17) is 4.74 Å². The molecule has 3 heterocycles. The number of carbonyl (C=O) groups is 2. The van der Waals surface area contributed by atoms with Gasteiger partial charge in [0, 0.05) is 30.6 Å². The van der Waals surface area contributed by atoms with Crippen molar-refractivity contribution in [2.45, 2.75) is 83.5 Å². The van der Waals surface area contributed by atoms with E-state index in [0.717, 1.165) is 49.6 Å². The summed E-state index contributed by atoms with van der Waals surface area (Å²) < 4.78 is 6.74. The number of hydrogen-bond donors (Lipinski definition) is 1. The number of esters is 1. The summed E-state index contributed by atoms with van der Waals surface area (Å²) in [7, 11) is 0.